The molecule has 0 aliphatic rings. The lowest BCUT2D eigenvalue weighted by atomic mass is 9.94. The smallest absolute Gasteiger partial charge is 0.406 e. The second-order valence-electron chi connectivity index (χ2n) is 7.13. The van der Waals surface area contributed by atoms with Crippen LogP contribution in [0.1, 0.15) is 44.7 Å². The number of ether oxygens (including phenoxy) is 2. The van der Waals surface area contributed by atoms with Gasteiger partial charge in [-0.2, -0.15) is 0 Å². The zero-order valence-corrected chi connectivity index (χ0v) is 16.3. The zero-order chi connectivity index (χ0) is 19.2. The van der Waals surface area contributed by atoms with Crippen molar-refractivity contribution < 1.29 is 14.3 Å². The summed E-state index contributed by atoms with van der Waals surface area (Å²) >= 11 is 0. The van der Waals surface area contributed by atoms with Crippen LogP contribution in [0.15, 0.2) is 48.5 Å². The van der Waals surface area contributed by atoms with Gasteiger partial charge in [-0.25, -0.2) is 4.79 Å². The molecule has 2 rings (SSSR count). The highest BCUT2D eigenvalue weighted by Crippen LogP contribution is 2.28. The lowest BCUT2D eigenvalue weighted by Crippen LogP contribution is -2.30. The fourth-order valence-corrected chi connectivity index (χ4v) is 2.74. The van der Waals surface area contributed by atoms with Crippen LogP contribution in [-0.2, 0) is 15.1 Å². The topological polar surface area (TPSA) is 47.6 Å². The first-order valence-electron chi connectivity index (χ1n) is 9.00. The average Bonchev–Trinajstić information content (AvgIpc) is 2.65. The molecule has 4 heteroatoms. The van der Waals surface area contributed by atoms with Crippen molar-refractivity contribution in [2.24, 2.45) is 0 Å². The van der Waals surface area contributed by atoms with Gasteiger partial charge < -0.3 is 14.8 Å². The summed E-state index contributed by atoms with van der Waals surface area (Å²) in [5.41, 5.74) is 4.41. The molecule has 0 aliphatic heterocycles. The van der Waals surface area contributed by atoms with Crippen LogP contribution in [0, 0.1) is 0 Å². The van der Waals surface area contributed by atoms with E-state index in [0.717, 1.165) is 5.56 Å². The van der Waals surface area contributed by atoms with Gasteiger partial charge in [0.05, 0.1) is 19.3 Å². The molecular weight excluding hydrogens is 326 g/mol. The summed E-state index contributed by atoms with van der Waals surface area (Å²) in [7, 11) is 1.35. The first-order chi connectivity index (χ1) is 12.3. The Kier molecular flexibility index (Phi) is 6.81. The van der Waals surface area contributed by atoms with Gasteiger partial charge in [-0.3, -0.25) is 0 Å². The highest BCUT2D eigenvalue weighted by molar-refractivity contribution is 5.66. The quantitative estimate of drug-likeness (QED) is 0.704. The minimum atomic E-state index is -0.445. The number of methoxy groups -OCH3 is 1. The monoisotopic (exact) mass is 355 g/mol. The van der Waals surface area contributed by atoms with Gasteiger partial charge in [0.2, 0.25) is 0 Å². The summed E-state index contributed by atoms with van der Waals surface area (Å²) in [6, 6.07) is 17.2. The van der Waals surface area contributed by atoms with Crippen LogP contribution < -0.4 is 5.32 Å². The summed E-state index contributed by atoms with van der Waals surface area (Å²) in [5.74, 6) is 0.540. The first-order valence-corrected chi connectivity index (χ1v) is 9.00. The number of hydrogen-bond acceptors (Lipinski definition) is 3. The van der Waals surface area contributed by atoms with Crippen molar-refractivity contribution in [3.63, 3.8) is 0 Å². The molecule has 0 bridgehead atoms. The predicted octanol–water partition coefficient (Wildman–Crippen LogP) is 5.08. The fourth-order valence-electron chi connectivity index (χ4n) is 2.74. The number of alkyl carbamates (subject to hydrolysis) is 1. The van der Waals surface area contributed by atoms with Crippen LogP contribution in [0.3, 0.4) is 0 Å². The minimum Gasteiger partial charge on any atom is -0.453 e. The average molecular weight is 355 g/mol. The van der Waals surface area contributed by atoms with Crippen LogP contribution in [0.4, 0.5) is 4.79 Å². The van der Waals surface area contributed by atoms with E-state index in [4.69, 9.17) is 4.74 Å². The van der Waals surface area contributed by atoms with Crippen molar-refractivity contribution in [2.75, 3.05) is 20.3 Å². The van der Waals surface area contributed by atoms with Crippen LogP contribution >= 0.6 is 0 Å². The van der Waals surface area contributed by atoms with Gasteiger partial charge in [0, 0.05) is 6.54 Å². The molecule has 0 aliphatic carbocycles. The van der Waals surface area contributed by atoms with Crippen molar-refractivity contribution in [3.8, 4) is 11.1 Å². The molecule has 140 valence electrons. The number of amides is 1. The molecule has 26 heavy (non-hydrogen) atoms. The van der Waals surface area contributed by atoms with E-state index in [0.29, 0.717) is 19.1 Å². The third kappa shape index (κ3) is 5.33. The lowest BCUT2D eigenvalue weighted by Gasteiger charge is -2.26. The van der Waals surface area contributed by atoms with E-state index in [-0.39, 0.29) is 0 Å². The SMILES string of the molecule is COC(=O)NCCOC(C)(C)c1ccc(-c2ccc(C(C)C)cc2)cc1. The Balaban J connectivity index is 1.99. The van der Waals surface area contributed by atoms with E-state index >= 15 is 0 Å². The van der Waals surface area contributed by atoms with E-state index in [2.05, 4.69) is 72.4 Å². The molecule has 0 radical (unpaired) electrons. The highest BCUT2D eigenvalue weighted by Gasteiger charge is 2.21. The fraction of sp³-hybridized carbons (Fsp3) is 0.409. The molecule has 0 atom stereocenters. The molecule has 0 unspecified atom stereocenters. The Morgan fingerprint density at radius 2 is 1.54 bits per heavy atom. The van der Waals surface area contributed by atoms with Gasteiger partial charge >= 0.3 is 6.09 Å². The molecule has 0 heterocycles. The van der Waals surface area contributed by atoms with Gasteiger partial charge in [0.1, 0.15) is 0 Å². The summed E-state index contributed by atoms with van der Waals surface area (Å²) in [4.78, 5) is 11.0. The van der Waals surface area contributed by atoms with Crippen LogP contribution in [-0.4, -0.2) is 26.4 Å². The molecule has 2 aromatic carbocycles. The van der Waals surface area contributed by atoms with Gasteiger partial charge in [-0.1, -0.05) is 62.4 Å². The largest absolute Gasteiger partial charge is 0.453 e. The number of rotatable bonds is 7. The second kappa shape index (κ2) is 8.86. The molecule has 0 fully saturated rings. The van der Waals surface area contributed by atoms with E-state index in [1.54, 1.807) is 0 Å². The number of hydrogen-bond donors (Lipinski definition) is 1. The third-order valence-corrected chi connectivity index (χ3v) is 4.51. The summed E-state index contributed by atoms with van der Waals surface area (Å²) in [5, 5.41) is 2.61. The van der Waals surface area contributed by atoms with Crippen molar-refractivity contribution in [1.82, 2.24) is 5.32 Å². The number of carbonyl (C=O) groups is 1. The van der Waals surface area contributed by atoms with E-state index in [1.807, 2.05) is 13.8 Å². The highest BCUT2D eigenvalue weighted by atomic mass is 16.5. The first kappa shape index (κ1) is 20.0. The third-order valence-electron chi connectivity index (χ3n) is 4.51. The minimum absolute atomic E-state index is 0.413. The zero-order valence-electron chi connectivity index (χ0n) is 16.3. The van der Waals surface area contributed by atoms with Crippen molar-refractivity contribution >= 4 is 6.09 Å². The second-order valence-corrected chi connectivity index (χ2v) is 7.13. The Labute approximate surface area is 156 Å². The predicted molar refractivity (Wildman–Crippen MR) is 105 cm³/mol. The normalized spacial score (nSPS) is 11.5. The standard InChI is InChI=1S/C22H29NO3/c1-16(2)17-6-8-18(9-7-17)19-10-12-20(13-11-19)22(3,4)26-15-14-23-21(24)25-5/h6-13,16H,14-15H2,1-5H3,(H,23,24). The van der Waals surface area contributed by atoms with Gasteiger partial charge in [0.25, 0.3) is 0 Å². The Hall–Kier alpha value is -2.33. The summed E-state index contributed by atoms with van der Waals surface area (Å²) in [6.07, 6.45) is -0.445. The summed E-state index contributed by atoms with van der Waals surface area (Å²) in [6.45, 7) is 9.28. The number of benzene rings is 2. The molecule has 1 N–H and O–H groups in total. The molecule has 0 saturated carbocycles. The van der Waals surface area contributed by atoms with Crippen LogP contribution in [0.5, 0.6) is 0 Å². The Bertz CT molecular complexity index is 703. The molecule has 4 nitrogen and oxygen atoms in total. The van der Waals surface area contributed by atoms with Crippen molar-refractivity contribution in [1.29, 1.82) is 0 Å². The molecule has 1 amide bonds. The summed E-state index contributed by atoms with van der Waals surface area (Å²) < 4.78 is 10.5. The number of nitrogens with one attached hydrogen (secondary N) is 1. The molecule has 0 spiro atoms. The van der Waals surface area contributed by atoms with Gasteiger partial charge in [-0.05, 0) is 42.0 Å². The van der Waals surface area contributed by atoms with Gasteiger partial charge in [-0.15, -0.1) is 0 Å². The lowest BCUT2D eigenvalue weighted by molar-refractivity contribution is -0.0195. The molecule has 0 aromatic heterocycles. The Morgan fingerprint density at radius 3 is 2.04 bits per heavy atom. The molecule has 0 saturated heterocycles. The number of carbonyl (C=O) groups excluding carboxylic acids is 1. The van der Waals surface area contributed by atoms with E-state index in [1.165, 1.54) is 23.8 Å². The van der Waals surface area contributed by atoms with E-state index < -0.39 is 11.7 Å². The van der Waals surface area contributed by atoms with E-state index in [9.17, 15) is 4.79 Å². The maximum Gasteiger partial charge on any atom is 0.406 e. The molecular formula is C22H29NO3. The maximum absolute atomic E-state index is 11.0. The van der Waals surface area contributed by atoms with Gasteiger partial charge in [0.15, 0.2) is 0 Å². The Morgan fingerprint density at radius 1 is 1.00 bits per heavy atom. The van der Waals surface area contributed by atoms with Crippen LogP contribution in [0.25, 0.3) is 11.1 Å². The van der Waals surface area contributed by atoms with Crippen molar-refractivity contribution in [3.05, 3.63) is 59.7 Å². The maximum atomic E-state index is 11.0. The van der Waals surface area contributed by atoms with Crippen molar-refractivity contribution in [2.45, 2.75) is 39.2 Å². The molecule has 2 aromatic rings. The van der Waals surface area contributed by atoms with Crippen LogP contribution in [0.2, 0.25) is 0 Å².